The van der Waals surface area contributed by atoms with Crippen molar-refractivity contribution in [2.24, 2.45) is 11.8 Å². The van der Waals surface area contributed by atoms with Crippen molar-refractivity contribution in [3.05, 3.63) is 64.7 Å². The Morgan fingerprint density at radius 1 is 1.00 bits per heavy atom. The summed E-state index contributed by atoms with van der Waals surface area (Å²) in [4.78, 5) is 11.0. The standard InChI is InChI=1S/C28H38ClNO4S/c1-2-3-4-6-21-9-13-23(14-10-21)28(30-35(33,34)26-19-17-25(29)18-20-26)24-15-11-22(12-16-24)7-5-8-27(31)32/h11-12,15-21,23,28,30H,2-10,13-14H2,1H3,(H,31,32). The lowest BCUT2D eigenvalue weighted by Gasteiger charge is -2.34. The van der Waals surface area contributed by atoms with E-state index in [4.69, 9.17) is 16.7 Å². The molecular weight excluding hydrogens is 482 g/mol. The Bertz CT molecular complexity index is 1030. The summed E-state index contributed by atoms with van der Waals surface area (Å²) < 4.78 is 29.6. The van der Waals surface area contributed by atoms with Crippen molar-refractivity contribution in [2.45, 2.75) is 88.5 Å². The first-order valence-electron chi connectivity index (χ1n) is 12.9. The lowest BCUT2D eigenvalue weighted by molar-refractivity contribution is -0.137. The van der Waals surface area contributed by atoms with E-state index < -0.39 is 16.0 Å². The summed E-state index contributed by atoms with van der Waals surface area (Å²) in [7, 11) is -3.71. The van der Waals surface area contributed by atoms with Gasteiger partial charge in [0.15, 0.2) is 0 Å². The van der Waals surface area contributed by atoms with Crippen molar-refractivity contribution in [2.75, 3.05) is 0 Å². The number of nitrogens with one attached hydrogen (secondary N) is 1. The molecule has 0 aliphatic heterocycles. The lowest BCUT2D eigenvalue weighted by atomic mass is 9.75. The molecule has 2 aromatic carbocycles. The van der Waals surface area contributed by atoms with E-state index >= 15 is 0 Å². The number of hydrogen-bond acceptors (Lipinski definition) is 3. The Morgan fingerprint density at radius 3 is 2.26 bits per heavy atom. The van der Waals surface area contributed by atoms with Gasteiger partial charge < -0.3 is 5.11 Å². The molecule has 0 radical (unpaired) electrons. The van der Waals surface area contributed by atoms with Crippen molar-refractivity contribution in [1.82, 2.24) is 4.72 Å². The Morgan fingerprint density at radius 2 is 1.66 bits per heavy atom. The van der Waals surface area contributed by atoms with Gasteiger partial charge in [-0.05, 0) is 72.9 Å². The van der Waals surface area contributed by atoms with E-state index in [1.807, 2.05) is 24.3 Å². The number of unbranched alkanes of at least 4 members (excludes halogenated alkanes) is 2. The third kappa shape index (κ3) is 8.62. The molecule has 0 amide bonds. The summed E-state index contributed by atoms with van der Waals surface area (Å²) >= 11 is 5.96. The average molecular weight is 520 g/mol. The van der Waals surface area contributed by atoms with Gasteiger partial charge in [0, 0.05) is 17.5 Å². The fourth-order valence-electron chi connectivity index (χ4n) is 5.11. The number of carboxylic acids is 1. The molecule has 1 atom stereocenters. The highest BCUT2D eigenvalue weighted by Crippen LogP contribution is 2.39. The normalized spacial score (nSPS) is 19.4. The van der Waals surface area contributed by atoms with Gasteiger partial charge in [0.2, 0.25) is 10.0 Å². The van der Waals surface area contributed by atoms with Crippen molar-refractivity contribution in [3.63, 3.8) is 0 Å². The third-order valence-corrected chi connectivity index (χ3v) is 8.89. The predicted octanol–water partition coefficient (Wildman–Crippen LogP) is 7.15. The molecule has 0 saturated heterocycles. The second-order valence-electron chi connectivity index (χ2n) is 9.82. The van der Waals surface area contributed by atoms with Gasteiger partial charge in [-0.2, -0.15) is 0 Å². The third-order valence-electron chi connectivity index (χ3n) is 7.18. The minimum Gasteiger partial charge on any atom is -0.481 e. The molecule has 0 aromatic heterocycles. The fraction of sp³-hybridized carbons (Fsp3) is 0.536. The molecule has 2 N–H and O–H groups in total. The number of hydrogen-bond donors (Lipinski definition) is 2. The van der Waals surface area contributed by atoms with Crippen LogP contribution in [0.3, 0.4) is 0 Å². The SMILES string of the molecule is CCCCCC1CCC(C(NS(=O)(=O)c2ccc(Cl)cc2)c2ccc(CCCC(=O)O)cc2)CC1. The van der Waals surface area contributed by atoms with Crippen LogP contribution in [0, 0.1) is 11.8 Å². The highest BCUT2D eigenvalue weighted by Gasteiger charge is 2.32. The lowest BCUT2D eigenvalue weighted by Crippen LogP contribution is -2.35. The maximum absolute atomic E-state index is 13.3. The van der Waals surface area contributed by atoms with E-state index in [0.29, 0.717) is 17.9 Å². The van der Waals surface area contributed by atoms with Gasteiger partial charge in [0.25, 0.3) is 0 Å². The molecule has 2 aromatic rings. The molecule has 1 aliphatic rings. The van der Waals surface area contributed by atoms with Crippen LogP contribution < -0.4 is 4.72 Å². The van der Waals surface area contributed by atoms with Crippen LogP contribution in [-0.2, 0) is 21.2 Å². The maximum Gasteiger partial charge on any atom is 0.303 e. The molecule has 0 bridgehead atoms. The number of sulfonamides is 1. The van der Waals surface area contributed by atoms with Crippen LogP contribution >= 0.6 is 11.6 Å². The summed E-state index contributed by atoms with van der Waals surface area (Å²) in [6.07, 6.45) is 10.8. The van der Waals surface area contributed by atoms with Crippen molar-refractivity contribution >= 4 is 27.6 Å². The van der Waals surface area contributed by atoms with E-state index in [1.54, 1.807) is 12.1 Å². The molecule has 1 saturated carbocycles. The molecule has 35 heavy (non-hydrogen) atoms. The zero-order valence-corrected chi connectivity index (χ0v) is 22.2. The Kier molecular flexibility index (Phi) is 10.6. The average Bonchev–Trinajstić information content (AvgIpc) is 2.84. The van der Waals surface area contributed by atoms with Crippen LogP contribution in [-0.4, -0.2) is 19.5 Å². The molecule has 0 heterocycles. The van der Waals surface area contributed by atoms with Crippen molar-refractivity contribution in [1.29, 1.82) is 0 Å². The Labute approximate surface area is 215 Å². The van der Waals surface area contributed by atoms with E-state index in [0.717, 1.165) is 42.7 Å². The number of rotatable bonds is 13. The van der Waals surface area contributed by atoms with Crippen LogP contribution in [0.1, 0.15) is 88.3 Å². The Hall–Kier alpha value is -1.89. The van der Waals surface area contributed by atoms with Gasteiger partial charge in [0.1, 0.15) is 0 Å². The first-order valence-corrected chi connectivity index (χ1v) is 14.7. The molecule has 0 spiro atoms. The highest BCUT2D eigenvalue weighted by molar-refractivity contribution is 7.89. The monoisotopic (exact) mass is 519 g/mol. The number of carboxylic acid groups (broad SMARTS) is 1. The fourth-order valence-corrected chi connectivity index (χ4v) is 6.53. The number of aryl methyl sites for hydroxylation is 1. The molecule has 1 aliphatic carbocycles. The van der Waals surface area contributed by atoms with Gasteiger partial charge in [-0.15, -0.1) is 0 Å². The van der Waals surface area contributed by atoms with Crippen molar-refractivity contribution < 1.29 is 18.3 Å². The summed E-state index contributed by atoms with van der Waals surface area (Å²) in [6.45, 7) is 2.23. The van der Waals surface area contributed by atoms with Crippen LogP contribution in [0.15, 0.2) is 53.4 Å². The second kappa shape index (κ2) is 13.4. The van der Waals surface area contributed by atoms with Crippen LogP contribution in [0.25, 0.3) is 0 Å². The number of carbonyl (C=O) groups is 1. The zero-order valence-electron chi connectivity index (χ0n) is 20.6. The molecule has 1 unspecified atom stereocenters. The summed E-state index contributed by atoms with van der Waals surface area (Å²) in [5, 5.41) is 9.38. The first kappa shape index (κ1) is 27.7. The van der Waals surface area contributed by atoms with Gasteiger partial charge >= 0.3 is 5.97 Å². The smallest absolute Gasteiger partial charge is 0.303 e. The second-order valence-corrected chi connectivity index (χ2v) is 12.0. The number of aliphatic carboxylic acids is 1. The topological polar surface area (TPSA) is 83.5 Å². The molecule has 1 fully saturated rings. The van der Waals surface area contributed by atoms with Crippen LogP contribution in [0.5, 0.6) is 0 Å². The van der Waals surface area contributed by atoms with Gasteiger partial charge in [0.05, 0.1) is 4.90 Å². The van der Waals surface area contributed by atoms with E-state index in [2.05, 4.69) is 11.6 Å². The minimum atomic E-state index is -3.71. The van der Waals surface area contributed by atoms with Gasteiger partial charge in [-0.25, -0.2) is 13.1 Å². The zero-order chi connectivity index (χ0) is 25.3. The molecule has 3 rings (SSSR count). The predicted molar refractivity (Wildman–Crippen MR) is 141 cm³/mol. The Balaban J connectivity index is 1.75. The summed E-state index contributed by atoms with van der Waals surface area (Å²) in [6, 6.07) is 14.0. The van der Waals surface area contributed by atoms with E-state index in [9.17, 15) is 13.2 Å². The quantitative estimate of drug-likeness (QED) is 0.275. The molecule has 7 heteroatoms. The van der Waals surface area contributed by atoms with Crippen LogP contribution in [0.2, 0.25) is 5.02 Å². The first-order chi connectivity index (χ1) is 16.8. The maximum atomic E-state index is 13.3. The molecular formula is C28H38ClNO4S. The largest absolute Gasteiger partial charge is 0.481 e. The summed E-state index contributed by atoms with van der Waals surface area (Å²) in [5.74, 6) is 0.184. The van der Waals surface area contributed by atoms with Gasteiger partial charge in [-0.1, -0.05) is 81.3 Å². The number of halogens is 1. The molecule has 5 nitrogen and oxygen atoms in total. The van der Waals surface area contributed by atoms with E-state index in [1.165, 1.54) is 37.8 Å². The number of benzene rings is 2. The van der Waals surface area contributed by atoms with Gasteiger partial charge in [-0.3, -0.25) is 4.79 Å². The highest BCUT2D eigenvalue weighted by atomic mass is 35.5. The van der Waals surface area contributed by atoms with E-state index in [-0.39, 0.29) is 23.3 Å². The summed E-state index contributed by atoms with van der Waals surface area (Å²) in [5.41, 5.74) is 2.02. The van der Waals surface area contributed by atoms with Crippen molar-refractivity contribution in [3.8, 4) is 0 Å². The molecule has 192 valence electrons. The minimum absolute atomic E-state index is 0.146. The van der Waals surface area contributed by atoms with Crippen LogP contribution in [0.4, 0.5) is 0 Å².